The molecule has 40 heavy (non-hydrogen) atoms. The molecule has 0 unspecified atom stereocenters. The normalized spacial score (nSPS) is 15.1. The van der Waals surface area contributed by atoms with Crippen LogP contribution in [-0.4, -0.2) is 37.0 Å². The number of carbonyl (C=O) groups excluding carboxylic acids is 1. The maximum Gasteiger partial charge on any atom is 0.338 e. The average Bonchev–Trinajstić information content (AvgIpc) is 3.19. The Labute approximate surface area is 258 Å². The van der Waals surface area contributed by atoms with Crippen molar-refractivity contribution in [3.63, 3.8) is 0 Å². The van der Waals surface area contributed by atoms with Gasteiger partial charge in [-0.2, -0.15) is 0 Å². The first-order valence-electron chi connectivity index (χ1n) is 12.8. The maximum absolute atomic E-state index is 14.0. The molecule has 0 fully saturated rings. The fourth-order valence-corrected chi connectivity index (χ4v) is 7.18. The van der Waals surface area contributed by atoms with Crippen molar-refractivity contribution in [2.45, 2.75) is 46.8 Å². The molecular weight excluding hydrogens is 711 g/mol. The summed E-state index contributed by atoms with van der Waals surface area (Å²) in [5, 5.41) is 0. The van der Waals surface area contributed by atoms with Gasteiger partial charge >= 0.3 is 5.97 Å². The van der Waals surface area contributed by atoms with Crippen molar-refractivity contribution in [2.24, 2.45) is 4.99 Å². The Morgan fingerprint density at radius 3 is 2.60 bits per heavy atom. The molecule has 3 aromatic rings. The second-order valence-corrected chi connectivity index (χ2v) is 12.2. The summed E-state index contributed by atoms with van der Waals surface area (Å²) in [6, 6.07) is 8.52. The molecular formula is C29H30BrIN2O6S. The van der Waals surface area contributed by atoms with Crippen molar-refractivity contribution in [1.29, 1.82) is 0 Å². The molecule has 0 aliphatic carbocycles. The SMILES string of the molecule is CCOC(=O)C1=C(C)N=c2s/c(=C/c3cc(Br)cc(I)c3OCC)c(=O)n2[C@H]1c1ccc(OC(C)C)c(OC)c1. The van der Waals surface area contributed by atoms with E-state index in [-0.39, 0.29) is 18.3 Å². The van der Waals surface area contributed by atoms with Gasteiger partial charge in [0, 0.05) is 10.0 Å². The number of fused-ring (bicyclic) bond motifs is 1. The fourth-order valence-electron chi connectivity index (χ4n) is 4.44. The van der Waals surface area contributed by atoms with Crippen LogP contribution in [0.1, 0.15) is 51.8 Å². The third-order valence-corrected chi connectivity index (χ3v) is 8.24. The van der Waals surface area contributed by atoms with E-state index in [4.69, 9.17) is 18.9 Å². The van der Waals surface area contributed by atoms with Gasteiger partial charge in [0.1, 0.15) is 5.75 Å². The number of hydrogen-bond acceptors (Lipinski definition) is 8. The molecule has 1 aliphatic heterocycles. The molecule has 1 atom stereocenters. The summed E-state index contributed by atoms with van der Waals surface area (Å²) in [7, 11) is 1.56. The topological polar surface area (TPSA) is 88.4 Å². The van der Waals surface area contributed by atoms with E-state index in [0.29, 0.717) is 50.0 Å². The molecule has 0 spiro atoms. The maximum atomic E-state index is 14.0. The van der Waals surface area contributed by atoms with Gasteiger partial charge in [0.25, 0.3) is 5.56 Å². The molecule has 0 saturated carbocycles. The molecule has 1 aromatic heterocycles. The zero-order chi connectivity index (χ0) is 29.1. The number of benzene rings is 2. The summed E-state index contributed by atoms with van der Waals surface area (Å²) in [6.45, 7) is 9.96. The summed E-state index contributed by atoms with van der Waals surface area (Å²) >= 11 is 7.02. The minimum Gasteiger partial charge on any atom is -0.493 e. The Morgan fingerprint density at radius 2 is 1.95 bits per heavy atom. The summed E-state index contributed by atoms with van der Waals surface area (Å²) < 4.78 is 26.6. The molecule has 2 heterocycles. The number of methoxy groups -OCH3 is 1. The monoisotopic (exact) mass is 740 g/mol. The molecule has 0 N–H and O–H groups in total. The van der Waals surface area contributed by atoms with Gasteiger partial charge < -0.3 is 18.9 Å². The summed E-state index contributed by atoms with van der Waals surface area (Å²) in [5.41, 5.74) is 1.95. The highest BCUT2D eigenvalue weighted by Crippen LogP contribution is 2.37. The van der Waals surface area contributed by atoms with Crippen LogP contribution in [0.15, 0.2) is 55.9 Å². The number of ether oxygens (including phenoxy) is 4. The minimum absolute atomic E-state index is 0.0580. The Balaban J connectivity index is 1.97. The number of nitrogens with zero attached hydrogens (tertiary/aromatic N) is 2. The zero-order valence-electron chi connectivity index (χ0n) is 23.0. The Hall–Kier alpha value is -2.64. The predicted molar refractivity (Wildman–Crippen MR) is 167 cm³/mol. The second-order valence-electron chi connectivity index (χ2n) is 9.12. The van der Waals surface area contributed by atoms with Crippen LogP contribution in [-0.2, 0) is 9.53 Å². The highest BCUT2D eigenvalue weighted by Gasteiger charge is 2.34. The number of aromatic nitrogens is 1. The van der Waals surface area contributed by atoms with Gasteiger partial charge in [-0.1, -0.05) is 33.3 Å². The molecule has 0 saturated heterocycles. The Bertz CT molecular complexity index is 1660. The lowest BCUT2D eigenvalue weighted by Crippen LogP contribution is -2.40. The van der Waals surface area contributed by atoms with E-state index in [9.17, 15) is 9.59 Å². The van der Waals surface area contributed by atoms with Crippen LogP contribution in [0, 0.1) is 3.57 Å². The van der Waals surface area contributed by atoms with Crippen molar-refractivity contribution < 1.29 is 23.7 Å². The summed E-state index contributed by atoms with van der Waals surface area (Å²) in [6.07, 6.45) is 1.75. The highest BCUT2D eigenvalue weighted by atomic mass is 127. The van der Waals surface area contributed by atoms with Gasteiger partial charge in [-0.15, -0.1) is 0 Å². The smallest absolute Gasteiger partial charge is 0.338 e. The van der Waals surface area contributed by atoms with Crippen LogP contribution in [0.5, 0.6) is 17.2 Å². The number of thiazole rings is 1. The molecule has 212 valence electrons. The molecule has 1 aliphatic rings. The largest absolute Gasteiger partial charge is 0.493 e. The van der Waals surface area contributed by atoms with E-state index in [0.717, 1.165) is 13.6 Å². The molecule has 4 rings (SSSR count). The van der Waals surface area contributed by atoms with Crippen molar-refractivity contribution in [3.8, 4) is 17.2 Å². The number of carbonyl (C=O) groups is 1. The van der Waals surface area contributed by atoms with Crippen LogP contribution in [0.2, 0.25) is 0 Å². The molecule has 11 heteroatoms. The van der Waals surface area contributed by atoms with Gasteiger partial charge in [-0.05, 0) is 93.1 Å². The first kappa shape index (κ1) is 30.3. The predicted octanol–water partition coefficient (Wildman–Crippen LogP) is 5.36. The lowest BCUT2D eigenvalue weighted by Gasteiger charge is -2.25. The Kier molecular flexibility index (Phi) is 9.78. The third-order valence-electron chi connectivity index (χ3n) is 6.00. The van der Waals surface area contributed by atoms with Crippen LogP contribution >= 0.6 is 49.9 Å². The van der Waals surface area contributed by atoms with Gasteiger partial charge in [-0.3, -0.25) is 9.36 Å². The third kappa shape index (κ3) is 6.15. The van der Waals surface area contributed by atoms with Crippen LogP contribution in [0.3, 0.4) is 0 Å². The van der Waals surface area contributed by atoms with Crippen molar-refractivity contribution in [2.75, 3.05) is 20.3 Å². The minimum atomic E-state index is -0.770. The zero-order valence-corrected chi connectivity index (χ0v) is 27.6. The summed E-state index contributed by atoms with van der Waals surface area (Å²) in [5.74, 6) is 1.24. The number of halogens is 2. The standard InChI is InChI=1S/C29H30BrIN2O6S/c1-7-37-26-18(11-19(30)14-20(26)31)13-23-27(34)33-25(17-9-10-21(39-15(3)4)22(12-17)36-6)24(28(35)38-8-2)16(5)32-29(33)40-23/h9-15,25H,7-8H2,1-6H3/b23-13+/t25-/m0/s1. The van der Waals surface area contributed by atoms with E-state index in [1.807, 2.05) is 45.0 Å². The van der Waals surface area contributed by atoms with Crippen molar-refractivity contribution in [1.82, 2.24) is 4.57 Å². The molecule has 0 bridgehead atoms. The number of hydrogen-bond donors (Lipinski definition) is 0. The first-order valence-corrected chi connectivity index (χ1v) is 15.4. The highest BCUT2D eigenvalue weighted by molar-refractivity contribution is 14.1. The van der Waals surface area contributed by atoms with Gasteiger partial charge in [0.2, 0.25) is 0 Å². The van der Waals surface area contributed by atoms with Gasteiger partial charge in [-0.25, -0.2) is 9.79 Å². The molecule has 8 nitrogen and oxygen atoms in total. The Morgan fingerprint density at radius 1 is 1.20 bits per heavy atom. The van der Waals surface area contributed by atoms with Crippen molar-refractivity contribution in [3.05, 3.63) is 80.5 Å². The summed E-state index contributed by atoms with van der Waals surface area (Å²) in [4.78, 5) is 32.4. The van der Waals surface area contributed by atoms with Gasteiger partial charge in [0.15, 0.2) is 16.3 Å². The lowest BCUT2D eigenvalue weighted by atomic mass is 9.95. The average molecular weight is 741 g/mol. The van der Waals surface area contributed by atoms with E-state index in [1.165, 1.54) is 11.3 Å². The number of allylic oxidation sites excluding steroid dienone is 1. The van der Waals surface area contributed by atoms with E-state index in [2.05, 4.69) is 43.5 Å². The van der Waals surface area contributed by atoms with Crippen LogP contribution < -0.4 is 29.1 Å². The quantitative estimate of drug-likeness (QED) is 0.217. The second kappa shape index (κ2) is 12.9. The molecule has 0 radical (unpaired) electrons. The van der Waals surface area contributed by atoms with Crippen LogP contribution in [0.25, 0.3) is 6.08 Å². The molecule has 0 amide bonds. The first-order chi connectivity index (χ1) is 19.1. The number of esters is 1. The van der Waals surface area contributed by atoms with E-state index in [1.54, 1.807) is 37.7 Å². The molecule has 2 aromatic carbocycles. The van der Waals surface area contributed by atoms with E-state index >= 15 is 0 Å². The fraction of sp³-hybridized carbons (Fsp3) is 0.345. The number of rotatable bonds is 9. The van der Waals surface area contributed by atoms with Crippen LogP contribution in [0.4, 0.5) is 0 Å². The van der Waals surface area contributed by atoms with Gasteiger partial charge in [0.05, 0.1) is 51.8 Å². The van der Waals surface area contributed by atoms with Crippen molar-refractivity contribution >= 4 is 61.9 Å². The van der Waals surface area contributed by atoms with E-state index < -0.39 is 12.0 Å². The lowest BCUT2D eigenvalue weighted by molar-refractivity contribution is -0.139.